The van der Waals surface area contributed by atoms with Crippen LogP contribution in [0.25, 0.3) is 0 Å². The van der Waals surface area contributed by atoms with Gasteiger partial charge in [-0.15, -0.1) is 0 Å². The van der Waals surface area contributed by atoms with Crippen molar-refractivity contribution in [2.45, 2.75) is 30.3 Å². The lowest BCUT2D eigenvalue weighted by Gasteiger charge is -2.30. The van der Waals surface area contributed by atoms with E-state index in [4.69, 9.17) is 16.6 Å². The number of hydrogen-bond acceptors (Lipinski definition) is 7. The molecule has 0 unspecified atom stereocenters. The van der Waals surface area contributed by atoms with Gasteiger partial charge in [-0.3, -0.25) is 4.79 Å². The molecular formula is C11H19N5O4S. The fraction of sp³-hybridized carbons (Fsp3) is 0.636. The summed E-state index contributed by atoms with van der Waals surface area (Å²) in [6.07, 6.45) is 2.47. The normalized spacial score (nSPS) is 17.1. The van der Waals surface area contributed by atoms with Gasteiger partial charge in [0.2, 0.25) is 0 Å². The molecule has 1 aromatic rings. The first kappa shape index (κ1) is 15.6. The average Bonchev–Trinajstić information content (AvgIpc) is 2.66. The molecule has 118 valence electrons. The van der Waals surface area contributed by atoms with E-state index in [0.29, 0.717) is 13.1 Å². The Kier molecular flexibility index (Phi) is 4.10. The number of carboxylic acids is 1. The van der Waals surface area contributed by atoms with Gasteiger partial charge >= 0.3 is 5.97 Å². The van der Waals surface area contributed by atoms with Crippen LogP contribution in [0.5, 0.6) is 0 Å². The van der Waals surface area contributed by atoms with Crippen molar-refractivity contribution < 1.29 is 18.3 Å². The zero-order valence-corrected chi connectivity index (χ0v) is 12.5. The average molecular weight is 317 g/mol. The maximum atomic E-state index is 11.9. The number of nitrogen functional groups attached to an aromatic ring is 1. The predicted octanol–water partition coefficient (Wildman–Crippen LogP) is -1.12. The van der Waals surface area contributed by atoms with Gasteiger partial charge in [0, 0.05) is 25.4 Å². The van der Waals surface area contributed by atoms with Gasteiger partial charge < -0.3 is 21.5 Å². The van der Waals surface area contributed by atoms with E-state index in [2.05, 4.69) is 5.10 Å². The number of nitrogens with two attached hydrogens (primary N) is 2. The van der Waals surface area contributed by atoms with Gasteiger partial charge in [0.25, 0.3) is 0 Å². The standard InChI is InChI=1S/C11H19N5O4S/c1-21(19,20)9-10(13)16(6-8(17)18)14-11(9)15-4-2-7(12)3-5-15/h7H,2-6,12-13H2,1H3,(H,17,18). The summed E-state index contributed by atoms with van der Waals surface area (Å²) in [5, 5.41) is 12.9. The summed E-state index contributed by atoms with van der Waals surface area (Å²) >= 11 is 0. The van der Waals surface area contributed by atoms with Crippen LogP contribution in [0.4, 0.5) is 11.6 Å². The van der Waals surface area contributed by atoms with Gasteiger partial charge in [-0.1, -0.05) is 0 Å². The van der Waals surface area contributed by atoms with E-state index >= 15 is 0 Å². The van der Waals surface area contributed by atoms with Gasteiger partial charge in [-0.2, -0.15) is 5.10 Å². The molecule has 0 atom stereocenters. The first-order chi connectivity index (χ1) is 9.70. The molecule has 1 aromatic heterocycles. The van der Waals surface area contributed by atoms with Crippen molar-refractivity contribution in [3.8, 4) is 0 Å². The molecule has 1 fully saturated rings. The lowest BCUT2D eigenvalue weighted by atomic mass is 10.1. The van der Waals surface area contributed by atoms with E-state index in [1.807, 2.05) is 0 Å². The molecule has 0 radical (unpaired) electrons. The Morgan fingerprint density at radius 2 is 2.00 bits per heavy atom. The van der Waals surface area contributed by atoms with Crippen LogP contribution < -0.4 is 16.4 Å². The second-order valence-electron chi connectivity index (χ2n) is 5.19. The largest absolute Gasteiger partial charge is 0.480 e. The Morgan fingerprint density at radius 1 is 1.43 bits per heavy atom. The molecule has 5 N–H and O–H groups in total. The van der Waals surface area contributed by atoms with Gasteiger partial charge in [0.1, 0.15) is 12.4 Å². The number of sulfone groups is 1. The Morgan fingerprint density at radius 3 is 2.48 bits per heavy atom. The van der Waals surface area contributed by atoms with Crippen LogP contribution in [0.3, 0.4) is 0 Å². The van der Waals surface area contributed by atoms with Crippen molar-refractivity contribution in [2.24, 2.45) is 5.73 Å². The van der Waals surface area contributed by atoms with Crippen molar-refractivity contribution in [2.75, 3.05) is 30.0 Å². The summed E-state index contributed by atoms with van der Waals surface area (Å²) in [6, 6.07) is 0.0846. The molecule has 10 heteroatoms. The third kappa shape index (κ3) is 3.27. The molecule has 0 amide bonds. The summed E-state index contributed by atoms with van der Waals surface area (Å²) in [5.74, 6) is -1.08. The number of anilines is 2. The highest BCUT2D eigenvalue weighted by molar-refractivity contribution is 7.91. The third-order valence-electron chi connectivity index (χ3n) is 3.42. The van der Waals surface area contributed by atoms with E-state index in [9.17, 15) is 13.2 Å². The molecule has 0 aromatic carbocycles. The predicted molar refractivity (Wildman–Crippen MR) is 76.8 cm³/mol. The van der Waals surface area contributed by atoms with Crippen LogP contribution in [0.2, 0.25) is 0 Å². The summed E-state index contributed by atoms with van der Waals surface area (Å²) in [7, 11) is -3.62. The first-order valence-electron chi connectivity index (χ1n) is 6.48. The van der Waals surface area contributed by atoms with E-state index in [0.717, 1.165) is 23.8 Å². The Hall–Kier alpha value is -1.81. The van der Waals surface area contributed by atoms with Crippen molar-refractivity contribution in [1.82, 2.24) is 9.78 Å². The number of aliphatic carboxylic acids is 1. The van der Waals surface area contributed by atoms with Crippen molar-refractivity contribution in [3.05, 3.63) is 0 Å². The number of carbonyl (C=O) groups is 1. The van der Waals surface area contributed by atoms with Crippen LogP contribution in [0, 0.1) is 0 Å². The third-order valence-corrected chi connectivity index (χ3v) is 4.56. The minimum atomic E-state index is -3.62. The second kappa shape index (κ2) is 5.53. The molecular weight excluding hydrogens is 298 g/mol. The number of rotatable bonds is 4. The SMILES string of the molecule is CS(=O)(=O)c1c(N2CCC(N)CC2)nn(CC(=O)O)c1N. The fourth-order valence-electron chi connectivity index (χ4n) is 2.37. The minimum absolute atomic E-state index is 0.0846. The molecule has 0 saturated carbocycles. The van der Waals surface area contributed by atoms with Crippen LogP contribution in [-0.2, 0) is 21.2 Å². The van der Waals surface area contributed by atoms with Crippen LogP contribution >= 0.6 is 0 Å². The molecule has 2 heterocycles. The molecule has 1 aliphatic heterocycles. The first-order valence-corrected chi connectivity index (χ1v) is 8.38. The Bertz CT molecular complexity index is 646. The second-order valence-corrected chi connectivity index (χ2v) is 7.14. The number of carboxylic acid groups (broad SMARTS) is 1. The van der Waals surface area contributed by atoms with Gasteiger partial charge in [-0.25, -0.2) is 13.1 Å². The van der Waals surface area contributed by atoms with Crippen LogP contribution in [0.15, 0.2) is 4.90 Å². The van der Waals surface area contributed by atoms with Gasteiger partial charge in [-0.05, 0) is 12.8 Å². The summed E-state index contributed by atoms with van der Waals surface area (Å²) in [5.41, 5.74) is 11.6. The van der Waals surface area contributed by atoms with Gasteiger partial charge in [0.15, 0.2) is 20.6 Å². The fourth-order valence-corrected chi connectivity index (χ4v) is 3.35. The molecule has 9 nitrogen and oxygen atoms in total. The summed E-state index contributed by atoms with van der Waals surface area (Å²) in [6.45, 7) is 0.641. The smallest absolute Gasteiger partial charge is 0.325 e. The quantitative estimate of drug-likeness (QED) is 0.633. The number of piperidine rings is 1. The Balaban J connectivity index is 2.46. The number of hydrogen-bond donors (Lipinski definition) is 3. The topological polar surface area (TPSA) is 145 Å². The molecule has 2 rings (SSSR count). The number of nitrogens with zero attached hydrogens (tertiary/aromatic N) is 3. The zero-order valence-electron chi connectivity index (χ0n) is 11.7. The summed E-state index contributed by atoms with van der Waals surface area (Å²) < 4.78 is 24.9. The van der Waals surface area contributed by atoms with Crippen molar-refractivity contribution in [1.29, 1.82) is 0 Å². The molecule has 0 spiro atoms. The maximum absolute atomic E-state index is 11.9. The molecule has 0 aliphatic carbocycles. The van der Waals surface area contributed by atoms with Crippen molar-refractivity contribution in [3.63, 3.8) is 0 Å². The minimum Gasteiger partial charge on any atom is -0.480 e. The highest BCUT2D eigenvalue weighted by Crippen LogP contribution is 2.31. The van der Waals surface area contributed by atoms with Crippen LogP contribution in [-0.4, -0.2) is 54.7 Å². The zero-order chi connectivity index (χ0) is 15.8. The highest BCUT2D eigenvalue weighted by atomic mass is 32.2. The van der Waals surface area contributed by atoms with E-state index in [-0.39, 0.29) is 22.6 Å². The highest BCUT2D eigenvalue weighted by Gasteiger charge is 2.30. The Labute approximate surface area is 122 Å². The van der Waals surface area contributed by atoms with E-state index in [1.165, 1.54) is 0 Å². The molecule has 1 aliphatic rings. The van der Waals surface area contributed by atoms with Crippen molar-refractivity contribution >= 4 is 27.4 Å². The monoisotopic (exact) mass is 317 g/mol. The molecule has 1 saturated heterocycles. The lowest BCUT2D eigenvalue weighted by molar-refractivity contribution is -0.137. The number of aromatic nitrogens is 2. The van der Waals surface area contributed by atoms with Gasteiger partial charge in [0.05, 0.1) is 0 Å². The van der Waals surface area contributed by atoms with Crippen LogP contribution in [0.1, 0.15) is 12.8 Å². The lowest BCUT2D eigenvalue weighted by Crippen LogP contribution is -2.40. The molecule has 21 heavy (non-hydrogen) atoms. The molecule has 0 bridgehead atoms. The van der Waals surface area contributed by atoms with E-state index in [1.54, 1.807) is 4.90 Å². The maximum Gasteiger partial charge on any atom is 0.325 e. The van der Waals surface area contributed by atoms with E-state index < -0.39 is 22.4 Å². The summed E-state index contributed by atoms with van der Waals surface area (Å²) in [4.78, 5) is 12.5.